The number of anilines is 1. The van der Waals surface area contributed by atoms with Gasteiger partial charge in [0.1, 0.15) is 17.2 Å². The molecule has 3 N–H and O–H groups in total. The van der Waals surface area contributed by atoms with Crippen molar-refractivity contribution in [2.24, 2.45) is 0 Å². The van der Waals surface area contributed by atoms with Crippen molar-refractivity contribution in [3.63, 3.8) is 0 Å². The largest absolute Gasteiger partial charge is 0.455 e. The number of sulfonamides is 1. The lowest BCUT2D eigenvalue weighted by molar-refractivity contribution is 0.0929. The number of amides is 2. The highest BCUT2D eigenvalue weighted by Gasteiger charge is 2.45. The molecule has 5 aromatic rings. The molecule has 0 atom stereocenters. The molecule has 10 heteroatoms. The van der Waals surface area contributed by atoms with E-state index < -0.39 is 27.3 Å². The minimum absolute atomic E-state index is 0.210. The summed E-state index contributed by atoms with van der Waals surface area (Å²) in [6.07, 6.45) is 2.71. The Morgan fingerprint density at radius 1 is 0.886 bits per heavy atom. The van der Waals surface area contributed by atoms with E-state index in [1.807, 2.05) is 37.3 Å². The zero-order chi connectivity index (χ0) is 31.2. The molecule has 1 aromatic heterocycles. The van der Waals surface area contributed by atoms with Gasteiger partial charge in [-0.3, -0.25) is 14.3 Å². The smallest absolute Gasteiger partial charge is 0.255 e. The van der Waals surface area contributed by atoms with Crippen molar-refractivity contribution >= 4 is 38.5 Å². The van der Waals surface area contributed by atoms with Crippen molar-refractivity contribution in [2.75, 3.05) is 18.0 Å². The SMILES string of the molecule is CNC(=O)c1c(-c2ccc(F)cc2)oc2cc(NS(C)(=O)=O)c(-c3cc(C(=O)NC4(c5ccccc5)CC4)ccc3C)cc12. The lowest BCUT2D eigenvalue weighted by Crippen LogP contribution is -2.34. The molecule has 1 fully saturated rings. The van der Waals surface area contributed by atoms with E-state index in [2.05, 4.69) is 15.4 Å². The molecule has 224 valence electrons. The quantitative estimate of drug-likeness (QED) is 0.189. The number of rotatable bonds is 8. The maximum Gasteiger partial charge on any atom is 0.255 e. The van der Waals surface area contributed by atoms with Gasteiger partial charge in [-0.1, -0.05) is 36.4 Å². The van der Waals surface area contributed by atoms with E-state index in [-0.39, 0.29) is 28.5 Å². The number of hydrogen-bond donors (Lipinski definition) is 3. The normalized spacial score (nSPS) is 13.8. The zero-order valence-electron chi connectivity index (χ0n) is 24.3. The molecule has 1 heterocycles. The minimum atomic E-state index is -3.74. The molecule has 6 rings (SSSR count). The third-order valence-electron chi connectivity index (χ3n) is 7.90. The van der Waals surface area contributed by atoms with Crippen LogP contribution in [0.2, 0.25) is 0 Å². The molecule has 2 amide bonds. The molecular weight excluding hydrogens is 581 g/mol. The predicted octanol–water partition coefficient (Wildman–Crippen LogP) is 6.36. The predicted molar refractivity (Wildman–Crippen MR) is 168 cm³/mol. The topological polar surface area (TPSA) is 118 Å². The van der Waals surface area contributed by atoms with Crippen LogP contribution in [0.1, 0.15) is 44.7 Å². The third kappa shape index (κ3) is 5.56. The van der Waals surface area contributed by atoms with Crippen LogP contribution in [0, 0.1) is 12.7 Å². The number of carbonyl (C=O) groups is 2. The van der Waals surface area contributed by atoms with Gasteiger partial charge in [0.05, 0.1) is 23.0 Å². The highest BCUT2D eigenvalue weighted by atomic mass is 32.2. The summed E-state index contributed by atoms with van der Waals surface area (Å²) >= 11 is 0. The number of hydrogen-bond acceptors (Lipinski definition) is 5. The average Bonchev–Trinajstić information content (AvgIpc) is 3.69. The average molecular weight is 612 g/mol. The summed E-state index contributed by atoms with van der Waals surface area (Å²) in [5, 5.41) is 6.25. The van der Waals surface area contributed by atoms with Gasteiger partial charge in [-0.25, -0.2) is 12.8 Å². The molecule has 0 unspecified atom stereocenters. The lowest BCUT2D eigenvalue weighted by atomic mass is 9.94. The van der Waals surface area contributed by atoms with E-state index in [4.69, 9.17) is 4.42 Å². The second-order valence-electron chi connectivity index (χ2n) is 11.1. The Hall–Kier alpha value is -4.96. The van der Waals surface area contributed by atoms with Gasteiger partial charge in [0.2, 0.25) is 10.0 Å². The van der Waals surface area contributed by atoms with Gasteiger partial charge in [0.15, 0.2) is 0 Å². The molecular formula is C34H30FN3O5S. The van der Waals surface area contributed by atoms with Crippen LogP contribution in [0.25, 0.3) is 33.4 Å². The van der Waals surface area contributed by atoms with Crippen molar-refractivity contribution in [2.45, 2.75) is 25.3 Å². The van der Waals surface area contributed by atoms with E-state index in [1.54, 1.807) is 24.3 Å². The molecule has 0 bridgehead atoms. The van der Waals surface area contributed by atoms with E-state index in [9.17, 15) is 22.4 Å². The van der Waals surface area contributed by atoms with Crippen LogP contribution in [-0.4, -0.2) is 33.5 Å². The fourth-order valence-corrected chi connectivity index (χ4v) is 6.08. The monoisotopic (exact) mass is 611 g/mol. The van der Waals surface area contributed by atoms with Gasteiger partial charge in [-0.15, -0.1) is 0 Å². The molecule has 1 aliphatic carbocycles. The van der Waals surface area contributed by atoms with Crippen molar-refractivity contribution < 1.29 is 26.8 Å². The Balaban J connectivity index is 1.50. The van der Waals surface area contributed by atoms with E-state index >= 15 is 0 Å². The van der Waals surface area contributed by atoms with Crippen LogP contribution in [0.15, 0.2) is 89.3 Å². The van der Waals surface area contributed by atoms with Crippen LogP contribution < -0.4 is 15.4 Å². The number of aryl methyl sites for hydroxylation is 1. The Labute approximate surface area is 254 Å². The molecule has 4 aromatic carbocycles. The first-order chi connectivity index (χ1) is 21.0. The highest BCUT2D eigenvalue weighted by Crippen LogP contribution is 2.46. The van der Waals surface area contributed by atoms with Crippen molar-refractivity contribution in [1.29, 1.82) is 0 Å². The summed E-state index contributed by atoms with van der Waals surface area (Å²) in [5.74, 6) is -0.913. The standard InChI is InChI=1S/C34H30FN3O5S/c1-20-9-10-22(32(39)37-34(15-16-34)23-7-5-4-6-8-23)17-25(20)26-18-27-29(19-28(26)38-44(3,41)42)43-31(30(27)33(40)36-2)21-11-13-24(35)14-12-21/h4-14,17-19,38H,15-16H2,1-3H3,(H,36,40)(H,37,39). The number of fused-ring (bicyclic) bond motifs is 1. The van der Waals surface area contributed by atoms with Crippen molar-refractivity contribution in [3.8, 4) is 22.5 Å². The van der Waals surface area contributed by atoms with Gasteiger partial charge < -0.3 is 15.1 Å². The maximum atomic E-state index is 13.7. The molecule has 44 heavy (non-hydrogen) atoms. The Kier molecular flexibility index (Phi) is 7.25. The summed E-state index contributed by atoms with van der Waals surface area (Å²) in [6.45, 7) is 1.86. The second-order valence-corrected chi connectivity index (χ2v) is 12.8. The van der Waals surface area contributed by atoms with Gasteiger partial charge in [0, 0.05) is 35.2 Å². The fourth-order valence-electron chi connectivity index (χ4n) is 5.52. The Bertz CT molecular complexity index is 2030. The number of halogens is 1. The summed E-state index contributed by atoms with van der Waals surface area (Å²) < 4.78 is 47.3. The van der Waals surface area contributed by atoms with E-state index in [1.165, 1.54) is 37.4 Å². The van der Waals surface area contributed by atoms with Crippen LogP contribution in [0.3, 0.4) is 0 Å². The molecule has 0 radical (unpaired) electrons. The summed E-state index contributed by atoms with van der Waals surface area (Å²) in [7, 11) is -2.24. The summed E-state index contributed by atoms with van der Waals surface area (Å²) in [4.78, 5) is 26.7. The van der Waals surface area contributed by atoms with E-state index in [0.717, 1.165) is 30.2 Å². The number of nitrogens with one attached hydrogen (secondary N) is 3. The van der Waals surface area contributed by atoms with Crippen molar-refractivity contribution in [1.82, 2.24) is 10.6 Å². The van der Waals surface area contributed by atoms with Crippen molar-refractivity contribution in [3.05, 3.63) is 113 Å². The first-order valence-electron chi connectivity index (χ1n) is 14.0. The molecule has 0 aliphatic heterocycles. The van der Waals surface area contributed by atoms with Crippen LogP contribution in [0.5, 0.6) is 0 Å². The van der Waals surface area contributed by atoms with Gasteiger partial charge >= 0.3 is 0 Å². The summed E-state index contributed by atoms with van der Waals surface area (Å²) in [5.41, 5.74) is 4.03. The molecule has 8 nitrogen and oxygen atoms in total. The second kappa shape index (κ2) is 10.9. The fraction of sp³-hybridized carbons (Fsp3) is 0.176. The zero-order valence-corrected chi connectivity index (χ0v) is 25.1. The van der Waals surface area contributed by atoms with Crippen LogP contribution in [0.4, 0.5) is 10.1 Å². The van der Waals surface area contributed by atoms with Crippen LogP contribution >= 0.6 is 0 Å². The van der Waals surface area contributed by atoms with Crippen LogP contribution in [-0.2, 0) is 15.6 Å². The Morgan fingerprint density at radius 2 is 1.59 bits per heavy atom. The molecule has 1 aliphatic rings. The van der Waals surface area contributed by atoms with Gasteiger partial charge in [-0.2, -0.15) is 0 Å². The minimum Gasteiger partial charge on any atom is -0.455 e. The van der Waals surface area contributed by atoms with Gasteiger partial charge in [-0.05, 0) is 78.9 Å². The molecule has 1 saturated carbocycles. The highest BCUT2D eigenvalue weighted by molar-refractivity contribution is 7.92. The van der Waals surface area contributed by atoms with E-state index in [0.29, 0.717) is 27.6 Å². The lowest BCUT2D eigenvalue weighted by Gasteiger charge is -2.19. The number of carbonyl (C=O) groups excluding carboxylic acids is 2. The number of benzene rings is 4. The molecule has 0 spiro atoms. The maximum absolute atomic E-state index is 13.7. The number of furan rings is 1. The first-order valence-corrected chi connectivity index (χ1v) is 15.9. The van der Waals surface area contributed by atoms with Gasteiger partial charge in [0.25, 0.3) is 11.8 Å². The first kappa shape index (κ1) is 29.1. The Morgan fingerprint density at radius 3 is 2.23 bits per heavy atom. The summed E-state index contributed by atoms with van der Waals surface area (Å²) in [6, 6.07) is 23.8. The third-order valence-corrected chi connectivity index (χ3v) is 8.49. The molecule has 0 saturated heterocycles.